The normalized spacial score (nSPS) is 19.4. The van der Waals surface area contributed by atoms with Crippen LogP contribution >= 0.6 is 0 Å². The Balaban J connectivity index is 0.000000171. The molecule has 4 amide bonds. The van der Waals surface area contributed by atoms with Crippen LogP contribution in [0.5, 0.6) is 0 Å². The number of likely N-dealkylation sites (N-methyl/N-ethyl adjacent to an activating group) is 3. The van der Waals surface area contributed by atoms with E-state index in [1.807, 2.05) is 25.8 Å². The molecule has 0 aromatic rings. The van der Waals surface area contributed by atoms with E-state index in [0.29, 0.717) is 0 Å². The molecule has 6 nitrogen and oxygen atoms in total. The van der Waals surface area contributed by atoms with E-state index in [2.05, 4.69) is 5.32 Å². The standard InChI is InChI=1S/C6H12N2O.C5H10N2O/c1-3-8-5-4-7(2)6(8)9;1-2-7-4-3-6-5(7)8/h3-5H2,1-2H3;2-4H2,1H3,(H,6,8). The van der Waals surface area contributed by atoms with E-state index in [4.69, 9.17) is 0 Å². The number of carbonyl (C=O) groups excluding carboxylic acids is 2. The molecule has 2 heterocycles. The van der Waals surface area contributed by atoms with Crippen molar-refractivity contribution in [3.8, 4) is 0 Å². The molecule has 98 valence electrons. The van der Waals surface area contributed by atoms with Crippen LogP contribution in [-0.4, -0.2) is 73.1 Å². The monoisotopic (exact) mass is 242 g/mol. The van der Waals surface area contributed by atoms with Gasteiger partial charge in [0.25, 0.3) is 0 Å². The molecule has 0 aromatic heterocycles. The van der Waals surface area contributed by atoms with Crippen molar-refractivity contribution in [1.82, 2.24) is 20.0 Å². The molecule has 0 spiro atoms. The van der Waals surface area contributed by atoms with Crippen LogP contribution in [0.4, 0.5) is 9.59 Å². The van der Waals surface area contributed by atoms with E-state index >= 15 is 0 Å². The summed E-state index contributed by atoms with van der Waals surface area (Å²) in [5, 5.41) is 2.71. The van der Waals surface area contributed by atoms with Gasteiger partial charge in [0.15, 0.2) is 0 Å². The van der Waals surface area contributed by atoms with Crippen molar-refractivity contribution in [3.05, 3.63) is 0 Å². The first-order chi connectivity index (χ1) is 8.10. The first kappa shape index (κ1) is 13.6. The van der Waals surface area contributed by atoms with Gasteiger partial charge in [0, 0.05) is 46.3 Å². The lowest BCUT2D eigenvalue weighted by molar-refractivity contribution is 0.200. The predicted octanol–water partition coefficient (Wildman–Crippen LogP) is 0.405. The van der Waals surface area contributed by atoms with Crippen molar-refractivity contribution in [2.24, 2.45) is 0 Å². The molecular weight excluding hydrogens is 220 g/mol. The van der Waals surface area contributed by atoms with E-state index in [9.17, 15) is 9.59 Å². The number of nitrogens with one attached hydrogen (secondary N) is 1. The summed E-state index contributed by atoms with van der Waals surface area (Å²) >= 11 is 0. The molecule has 2 rings (SSSR count). The lowest BCUT2D eigenvalue weighted by Crippen LogP contribution is -2.28. The first-order valence-corrected chi connectivity index (χ1v) is 6.13. The van der Waals surface area contributed by atoms with Gasteiger partial charge < -0.3 is 20.0 Å². The number of hydrogen-bond acceptors (Lipinski definition) is 2. The highest BCUT2D eigenvalue weighted by Gasteiger charge is 2.22. The molecule has 0 saturated carbocycles. The Kier molecular flexibility index (Phi) is 5.06. The van der Waals surface area contributed by atoms with Crippen molar-refractivity contribution >= 4 is 12.1 Å². The Morgan fingerprint density at radius 2 is 1.71 bits per heavy atom. The third-order valence-electron chi connectivity index (χ3n) is 3.01. The van der Waals surface area contributed by atoms with Gasteiger partial charge in [0.2, 0.25) is 0 Å². The predicted molar refractivity (Wildman–Crippen MR) is 65.9 cm³/mol. The quantitative estimate of drug-likeness (QED) is 0.762. The highest BCUT2D eigenvalue weighted by Crippen LogP contribution is 2.03. The lowest BCUT2D eigenvalue weighted by atomic mass is 10.6. The topological polar surface area (TPSA) is 55.9 Å². The summed E-state index contributed by atoms with van der Waals surface area (Å²) in [4.78, 5) is 27.0. The van der Waals surface area contributed by atoms with E-state index in [-0.39, 0.29) is 12.1 Å². The minimum atomic E-state index is 0.0764. The maximum Gasteiger partial charge on any atom is 0.319 e. The molecule has 2 aliphatic rings. The summed E-state index contributed by atoms with van der Waals surface area (Å²) in [6, 6.07) is 0.241. The van der Waals surface area contributed by atoms with Crippen LogP contribution in [0.1, 0.15) is 13.8 Å². The summed E-state index contributed by atoms with van der Waals surface area (Å²) in [5.74, 6) is 0. The molecule has 2 saturated heterocycles. The highest BCUT2D eigenvalue weighted by atomic mass is 16.2. The number of rotatable bonds is 2. The van der Waals surface area contributed by atoms with Gasteiger partial charge >= 0.3 is 12.1 Å². The van der Waals surface area contributed by atoms with Crippen LogP contribution < -0.4 is 5.32 Å². The van der Waals surface area contributed by atoms with E-state index in [1.54, 1.807) is 9.80 Å². The van der Waals surface area contributed by atoms with Gasteiger partial charge in [-0.15, -0.1) is 0 Å². The second-order valence-electron chi connectivity index (χ2n) is 4.10. The molecule has 0 radical (unpaired) electrons. The number of urea groups is 2. The summed E-state index contributed by atoms with van der Waals surface area (Å²) < 4.78 is 0. The fourth-order valence-corrected chi connectivity index (χ4v) is 1.81. The number of nitrogens with zero attached hydrogens (tertiary/aromatic N) is 3. The third kappa shape index (κ3) is 3.51. The minimum absolute atomic E-state index is 0.0764. The summed E-state index contributed by atoms with van der Waals surface area (Å²) in [6.45, 7) is 9.09. The average molecular weight is 242 g/mol. The zero-order valence-corrected chi connectivity index (χ0v) is 10.9. The Bertz CT molecular complexity index is 283. The van der Waals surface area contributed by atoms with Crippen LogP contribution in [0.2, 0.25) is 0 Å². The zero-order chi connectivity index (χ0) is 12.8. The van der Waals surface area contributed by atoms with Crippen LogP contribution in [0.3, 0.4) is 0 Å². The maximum absolute atomic E-state index is 11.0. The third-order valence-corrected chi connectivity index (χ3v) is 3.01. The van der Waals surface area contributed by atoms with Crippen LogP contribution in [-0.2, 0) is 0 Å². The number of carbonyl (C=O) groups is 2. The van der Waals surface area contributed by atoms with Crippen molar-refractivity contribution in [1.29, 1.82) is 0 Å². The lowest BCUT2D eigenvalue weighted by Gasteiger charge is -2.11. The van der Waals surface area contributed by atoms with Gasteiger partial charge in [-0.25, -0.2) is 9.59 Å². The molecule has 2 aliphatic heterocycles. The molecule has 6 heteroatoms. The molecule has 0 atom stereocenters. The highest BCUT2D eigenvalue weighted by molar-refractivity contribution is 5.76. The van der Waals surface area contributed by atoms with Gasteiger partial charge in [-0.05, 0) is 13.8 Å². The molecular formula is C11H22N4O2. The van der Waals surface area contributed by atoms with Crippen molar-refractivity contribution in [3.63, 3.8) is 0 Å². The number of hydrogen-bond donors (Lipinski definition) is 1. The van der Waals surface area contributed by atoms with Crippen LogP contribution in [0, 0.1) is 0 Å². The second kappa shape index (κ2) is 6.32. The zero-order valence-electron chi connectivity index (χ0n) is 10.9. The minimum Gasteiger partial charge on any atom is -0.336 e. The smallest absolute Gasteiger partial charge is 0.319 e. The largest absolute Gasteiger partial charge is 0.336 e. The molecule has 1 N–H and O–H groups in total. The van der Waals surface area contributed by atoms with Crippen molar-refractivity contribution in [2.45, 2.75) is 13.8 Å². The molecule has 17 heavy (non-hydrogen) atoms. The average Bonchev–Trinajstić information content (AvgIpc) is 2.88. The summed E-state index contributed by atoms with van der Waals surface area (Å²) in [7, 11) is 1.83. The van der Waals surface area contributed by atoms with Gasteiger partial charge in [-0.3, -0.25) is 0 Å². The van der Waals surface area contributed by atoms with Gasteiger partial charge in [0.1, 0.15) is 0 Å². The number of amides is 4. The molecule has 0 aliphatic carbocycles. The molecule has 0 unspecified atom stereocenters. The Hall–Kier alpha value is -1.46. The molecule has 0 aromatic carbocycles. The van der Waals surface area contributed by atoms with E-state index in [0.717, 1.165) is 39.3 Å². The molecule has 0 bridgehead atoms. The van der Waals surface area contributed by atoms with Crippen LogP contribution in [0.15, 0.2) is 0 Å². The van der Waals surface area contributed by atoms with Crippen molar-refractivity contribution < 1.29 is 9.59 Å². The van der Waals surface area contributed by atoms with Gasteiger partial charge in [-0.1, -0.05) is 0 Å². The fraction of sp³-hybridized carbons (Fsp3) is 0.818. The first-order valence-electron chi connectivity index (χ1n) is 6.13. The Morgan fingerprint density at radius 3 is 1.94 bits per heavy atom. The maximum atomic E-state index is 11.0. The van der Waals surface area contributed by atoms with Gasteiger partial charge in [-0.2, -0.15) is 0 Å². The summed E-state index contributed by atoms with van der Waals surface area (Å²) in [6.07, 6.45) is 0. The Morgan fingerprint density at radius 1 is 1.06 bits per heavy atom. The Labute approximate surface area is 103 Å². The molecule has 2 fully saturated rings. The van der Waals surface area contributed by atoms with Crippen molar-refractivity contribution in [2.75, 3.05) is 46.3 Å². The second-order valence-corrected chi connectivity index (χ2v) is 4.10. The van der Waals surface area contributed by atoms with Gasteiger partial charge in [0.05, 0.1) is 0 Å². The van der Waals surface area contributed by atoms with Crippen LogP contribution in [0.25, 0.3) is 0 Å². The fourth-order valence-electron chi connectivity index (χ4n) is 1.81. The van der Waals surface area contributed by atoms with E-state index < -0.39 is 0 Å². The SMILES string of the molecule is CCN1CCN(C)C1=O.CCN1CCNC1=O. The summed E-state index contributed by atoms with van der Waals surface area (Å²) in [5.41, 5.74) is 0. The van der Waals surface area contributed by atoms with E-state index in [1.165, 1.54) is 0 Å².